The first-order valence-corrected chi connectivity index (χ1v) is 8.28. The maximum atomic E-state index is 13.8. The number of halogens is 1. The second-order valence-electron chi connectivity index (χ2n) is 5.58. The molecule has 2 aromatic carbocycles. The Hall–Kier alpha value is -1.98. The Morgan fingerprint density at radius 2 is 2.04 bits per heavy atom. The average molecular weight is 330 g/mol. The van der Waals surface area contributed by atoms with Crippen LogP contribution in [0.2, 0.25) is 0 Å². The van der Waals surface area contributed by atoms with Gasteiger partial charge in [-0.2, -0.15) is 0 Å². The number of rotatable bonds is 5. The van der Waals surface area contributed by atoms with E-state index in [9.17, 15) is 4.39 Å². The number of thiazole rings is 1. The smallest absolute Gasteiger partial charge is 0.165 e. The van der Waals surface area contributed by atoms with Crippen LogP contribution >= 0.6 is 11.3 Å². The molecule has 0 N–H and O–H groups in total. The number of nitrogens with zero attached hydrogens (tertiary/aromatic N) is 2. The maximum Gasteiger partial charge on any atom is 0.165 e. The molecule has 0 bridgehead atoms. The van der Waals surface area contributed by atoms with Gasteiger partial charge in [-0.05, 0) is 43.8 Å². The van der Waals surface area contributed by atoms with E-state index in [2.05, 4.69) is 17.9 Å². The topological polar surface area (TPSA) is 25.4 Å². The Morgan fingerprint density at radius 3 is 2.74 bits per heavy atom. The first-order valence-electron chi connectivity index (χ1n) is 7.46. The van der Waals surface area contributed by atoms with E-state index >= 15 is 0 Å². The first-order chi connectivity index (χ1) is 11.1. The standard InChI is InChI=1S/C18H19FN2OS/c1-12(18-20-15-6-4-5-7-17(15)23-18)21(2)11-13-8-9-16(22-3)14(19)10-13/h4-10,12H,11H2,1-3H3/t12-/m0/s1. The van der Waals surface area contributed by atoms with E-state index < -0.39 is 0 Å². The van der Waals surface area contributed by atoms with Gasteiger partial charge in [-0.3, -0.25) is 4.90 Å². The largest absolute Gasteiger partial charge is 0.494 e. The summed E-state index contributed by atoms with van der Waals surface area (Å²) in [5.74, 6) is -0.0540. The highest BCUT2D eigenvalue weighted by molar-refractivity contribution is 7.18. The molecule has 0 saturated carbocycles. The molecule has 0 aliphatic heterocycles. The normalized spacial score (nSPS) is 12.7. The van der Waals surface area contributed by atoms with E-state index in [0.717, 1.165) is 16.1 Å². The van der Waals surface area contributed by atoms with Gasteiger partial charge < -0.3 is 4.74 Å². The van der Waals surface area contributed by atoms with Crippen LogP contribution in [0.3, 0.4) is 0 Å². The number of hydrogen-bond acceptors (Lipinski definition) is 4. The molecule has 3 aromatic rings. The van der Waals surface area contributed by atoms with Gasteiger partial charge in [-0.25, -0.2) is 9.37 Å². The van der Waals surface area contributed by atoms with Crippen molar-refractivity contribution in [1.29, 1.82) is 0 Å². The highest BCUT2D eigenvalue weighted by Gasteiger charge is 2.17. The number of ether oxygens (including phenoxy) is 1. The molecule has 0 aliphatic rings. The minimum Gasteiger partial charge on any atom is -0.494 e. The van der Waals surface area contributed by atoms with Crippen LogP contribution in [0.5, 0.6) is 5.75 Å². The molecule has 3 rings (SSSR count). The summed E-state index contributed by atoms with van der Waals surface area (Å²) in [7, 11) is 3.50. The Labute approximate surface area is 139 Å². The lowest BCUT2D eigenvalue weighted by molar-refractivity contribution is 0.252. The number of methoxy groups -OCH3 is 1. The lowest BCUT2D eigenvalue weighted by Crippen LogP contribution is -2.21. The molecule has 3 nitrogen and oxygen atoms in total. The van der Waals surface area contributed by atoms with Gasteiger partial charge in [0.2, 0.25) is 0 Å². The van der Waals surface area contributed by atoms with E-state index in [-0.39, 0.29) is 17.6 Å². The third kappa shape index (κ3) is 3.35. The van der Waals surface area contributed by atoms with Gasteiger partial charge in [0.15, 0.2) is 11.6 Å². The summed E-state index contributed by atoms with van der Waals surface area (Å²) in [5.41, 5.74) is 1.95. The van der Waals surface area contributed by atoms with Crippen molar-refractivity contribution in [3.8, 4) is 5.75 Å². The van der Waals surface area contributed by atoms with E-state index in [1.165, 1.54) is 17.9 Å². The number of fused-ring (bicyclic) bond motifs is 1. The summed E-state index contributed by atoms with van der Waals surface area (Å²) < 4.78 is 20.0. The average Bonchev–Trinajstić information content (AvgIpc) is 2.98. The van der Waals surface area contributed by atoms with Crippen molar-refractivity contribution in [3.63, 3.8) is 0 Å². The van der Waals surface area contributed by atoms with E-state index in [0.29, 0.717) is 6.54 Å². The van der Waals surface area contributed by atoms with Crippen molar-refractivity contribution >= 4 is 21.6 Å². The van der Waals surface area contributed by atoms with E-state index in [1.807, 2.05) is 31.3 Å². The minimum atomic E-state index is -0.328. The zero-order valence-electron chi connectivity index (χ0n) is 13.4. The van der Waals surface area contributed by atoms with Crippen molar-refractivity contribution in [1.82, 2.24) is 9.88 Å². The third-order valence-corrected chi connectivity index (χ3v) is 5.18. The maximum absolute atomic E-state index is 13.8. The molecule has 0 radical (unpaired) electrons. The number of hydrogen-bond donors (Lipinski definition) is 0. The molecule has 0 amide bonds. The van der Waals surface area contributed by atoms with Crippen molar-refractivity contribution in [2.75, 3.05) is 14.2 Å². The lowest BCUT2D eigenvalue weighted by Gasteiger charge is -2.23. The van der Waals surface area contributed by atoms with Gasteiger partial charge in [0.05, 0.1) is 23.4 Å². The molecule has 0 saturated heterocycles. The minimum absolute atomic E-state index is 0.164. The number of para-hydroxylation sites is 1. The summed E-state index contributed by atoms with van der Waals surface area (Å²) in [6, 6.07) is 13.4. The van der Waals surface area contributed by atoms with E-state index in [1.54, 1.807) is 17.4 Å². The third-order valence-electron chi connectivity index (χ3n) is 3.98. The molecule has 1 aromatic heterocycles. The van der Waals surface area contributed by atoms with Gasteiger partial charge >= 0.3 is 0 Å². The fourth-order valence-electron chi connectivity index (χ4n) is 2.49. The van der Waals surface area contributed by atoms with Crippen molar-refractivity contribution in [2.45, 2.75) is 19.5 Å². The Morgan fingerprint density at radius 1 is 1.26 bits per heavy atom. The van der Waals surface area contributed by atoms with Crippen LogP contribution in [0.4, 0.5) is 4.39 Å². The molecule has 0 unspecified atom stereocenters. The van der Waals surface area contributed by atoms with Crippen LogP contribution in [0.25, 0.3) is 10.2 Å². The highest BCUT2D eigenvalue weighted by atomic mass is 32.1. The summed E-state index contributed by atoms with van der Waals surface area (Å²) in [6.07, 6.45) is 0. The Balaban J connectivity index is 1.76. The first kappa shape index (κ1) is 15.9. The van der Waals surface area contributed by atoms with Gasteiger partial charge in [0.1, 0.15) is 5.01 Å². The van der Waals surface area contributed by atoms with Crippen LogP contribution < -0.4 is 4.74 Å². The Kier molecular flexibility index (Phi) is 4.59. The zero-order chi connectivity index (χ0) is 16.4. The van der Waals surface area contributed by atoms with Gasteiger partial charge in [0.25, 0.3) is 0 Å². The second kappa shape index (κ2) is 6.64. The molecule has 1 atom stereocenters. The lowest BCUT2D eigenvalue weighted by atomic mass is 10.2. The van der Waals surface area contributed by atoms with Crippen LogP contribution in [-0.4, -0.2) is 24.0 Å². The molecule has 1 heterocycles. The fourth-order valence-corrected chi connectivity index (χ4v) is 3.58. The number of benzene rings is 2. The Bertz CT molecular complexity index is 785. The van der Waals surface area contributed by atoms with Crippen molar-refractivity contribution in [2.24, 2.45) is 0 Å². The van der Waals surface area contributed by atoms with Gasteiger partial charge in [-0.1, -0.05) is 18.2 Å². The van der Waals surface area contributed by atoms with Gasteiger partial charge in [-0.15, -0.1) is 11.3 Å². The van der Waals surface area contributed by atoms with Crippen LogP contribution in [-0.2, 0) is 6.54 Å². The molecule has 0 fully saturated rings. The molecule has 23 heavy (non-hydrogen) atoms. The van der Waals surface area contributed by atoms with Gasteiger partial charge in [0, 0.05) is 6.54 Å². The molecule has 120 valence electrons. The summed E-state index contributed by atoms with van der Waals surface area (Å²) in [6.45, 7) is 2.77. The molecule has 0 aliphatic carbocycles. The quantitative estimate of drug-likeness (QED) is 0.681. The van der Waals surface area contributed by atoms with Crippen molar-refractivity contribution in [3.05, 3.63) is 58.9 Å². The predicted octanol–water partition coefficient (Wildman–Crippen LogP) is 4.64. The number of aromatic nitrogens is 1. The molecular formula is C18H19FN2OS. The second-order valence-corrected chi connectivity index (χ2v) is 6.64. The highest BCUT2D eigenvalue weighted by Crippen LogP contribution is 2.29. The molecule has 5 heteroatoms. The summed E-state index contributed by atoms with van der Waals surface area (Å²) >= 11 is 1.71. The summed E-state index contributed by atoms with van der Waals surface area (Å²) in [5, 5.41) is 1.07. The van der Waals surface area contributed by atoms with Crippen molar-refractivity contribution < 1.29 is 9.13 Å². The van der Waals surface area contributed by atoms with Crippen LogP contribution in [0.1, 0.15) is 23.5 Å². The molecular weight excluding hydrogens is 311 g/mol. The zero-order valence-corrected chi connectivity index (χ0v) is 14.2. The SMILES string of the molecule is COc1ccc(CN(C)[C@@H](C)c2nc3ccccc3s2)cc1F. The molecule has 0 spiro atoms. The van der Waals surface area contributed by atoms with Crippen LogP contribution in [0.15, 0.2) is 42.5 Å². The summed E-state index contributed by atoms with van der Waals surface area (Å²) in [4.78, 5) is 6.87. The fraction of sp³-hybridized carbons (Fsp3) is 0.278. The monoisotopic (exact) mass is 330 g/mol. The van der Waals surface area contributed by atoms with E-state index in [4.69, 9.17) is 9.72 Å². The predicted molar refractivity (Wildman–Crippen MR) is 92.5 cm³/mol. The van der Waals surface area contributed by atoms with Crippen LogP contribution in [0, 0.1) is 5.82 Å².